The van der Waals surface area contributed by atoms with Crippen molar-refractivity contribution in [3.8, 4) is 0 Å². The molecule has 1 unspecified atom stereocenters. The summed E-state index contributed by atoms with van der Waals surface area (Å²) < 4.78 is 8.95. The number of hydrogen-bond donors (Lipinski definition) is 1. The first-order valence-electron chi connectivity index (χ1n) is 8.08. The Kier molecular flexibility index (Phi) is 20.7. The third kappa shape index (κ3) is 13.6. The van der Waals surface area contributed by atoms with Gasteiger partial charge in [-0.2, -0.15) is 0 Å². The van der Waals surface area contributed by atoms with Gasteiger partial charge in [-0.3, -0.25) is 4.79 Å². The van der Waals surface area contributed by atoms with Gasteiger partial charge in [0.25, 0.3) is 0 Å². The van der Waals surface area contributed by atoms with E-state index in [-0.39, 0.29) is 12.5 Å². The molecular formula is C16H34N2O5. The van der Waals surface area contributed by atoms with E-state index < -0.39 is 18.1 Å². The Hall–Kier alpha value is -1.79. The molecule has 23 heavy (non-hydrogen) atoms. The first-order chi connectivity index (χ1) is 10.9. The number of hydrogen-bond acceptors (Lipinski definition) is 5. The summed E-state index contributed by atoms with van der Waals surface area (Å²) in [6.45, 7) is 11.9. The Morgan fingerprint density at radius 3 is 1.87 bits per heavy atom. The summed E-state index contributed by atoms with van der Waals surface area (Å²) in [7, 11) is 2.47. The molecule has 0 aromatic heterocycles. The third-order valence-electron chi connectivity index (χ3n) is 2.36. The molecule has 0 aromatic rings. The van der Waals surface area contributed by atoms with Gasteiger partial charge in [0.1, 0.15) is 12.6 Å². The molecule has 0 bridgehead atoms. The molecule has 7 nitrogen and oxygen atoms in total. The summed E-state index contributed by atoms with van der Waals surface area (Å²) in [5, 5.41) is 2.28. The highest BCUT2D eigenvalue weighted by atomic mass is 16.5. The molecule has 0 aliphatic rings. The Labute approximate surface area is 140 Å². The van der Waals surface area contributed by atoms with Crippen molar-refractivity contribution in [3.05, 3.63) is 0 Å². The smallest absolute Gasteiger partial charge is 0.407 e. The summed E-state index contributed by atoms with van der Waals surface area (Å²) >= 11 is 0. The molecule has 0 aliphatic carbocycles. The Balaban J connectivity index is -0.000000710. The molecule has 0 saturated heterocycles. The van der Waals surface area contributed by atoms with Gasteiger partial charge in [-0.05, 0) is 13.3 Å². The molecule has 0 spiro atoms. The van der Waals surface area contributed by atoms with Crippen LogP contribution >= 0.6 is 0 Å². The molecule has 0 radical (unpaired) electrons. The van der Waals surface area contributed by atoms with Crippen molar-refractivity contribution in [2.24, 2.45) is 0 Å². The van der Waals surface area contributed by atoms with E-state index in [1.54, 1.807) is 6.92 Å². The van der Waals surface area contributed by atoms with Crippen LogP contribution in [0.1, 0.15) is 54.4 Å². The lowest BCUT2D eigenvalue weighted by Crippen LogP contribution is -2.48. The quantitative estimate of drug-likeness (QED) is 0.755. The zero-order valence-electron chi connectivity index (χ0n) is 15.9. The predicted octanol–water partition coefficient (Wildman–Crippen LogP) is 2.59. The van der Waals surface area contributed by atoms with Gasteiger partial charge in [-0.15, -0.1) is 0 Å². The first kappa shape index (κ1) is 26.1. The molecule has 138 valence electrons. The lowest BCUT2D eigenvalue weighted by Gasteiger charge is -2.27. The Morgan fingerprint density at radius 1 is 1.04 bits per heavy atom. The van der Waals surface area contributed by atoms with Gasteiger partial charge in [-0.25, -0.2) is 9.59 Å². The maximum absolute atomic E-state index is 11.9. The van der Waals surface area contributed by atoms with Crippen molar-refractivity contribution in [1.29, 1.82) is 0 Å². The average molecular weight is 334 g/mol. The van der Waals surface area contributed by atoms with Gasteiger partial charge in [0.2, 0.25) is 5.91 Å². The number of amides is 2. The summed E-state index contributed by atoms with van der Waals surface area (Å²) in [6.07, 6.45) is 1.26. The minimum atomic E-state index is -0.689. The fourth-order valence-electron chi connectivity index (χ4n) is 1.39. The van der Waals surface area contributed by atoms with Crippen LogP contribution in [0, 0.1) is 0 Å². The maximum Gasteiger partial charge on any atom is 0.407 e. The molecule has 0 heterocycles. The molecule has 0 saturated carbocycles. The highest BCUT2D eigenvalue weighted by molar-refractivity contribution is 5.87. The summed E-state index contributed by atoms with van der Waals surface area (Å²) in [4.78, 5) is 35.5. The second kappa shape index (κ2) is 18.3. The number of carbonyl (C=O) groups is 3. The van der Waals surface area contributed by atoms with Gasteiger partial charge in [-0.1, -0.05) is 41.0 Å². The monoisotopic (exact) mass is 334 g/mol. The third-order valence-corrected chi connectivity index (χ3v) is 2.36. The highest BCUT2D eigenvalue weighted by Crippen LogP contribution is 2.03. The molecule has 0 rings (SSSR count). The fourth-order valence-corrected chi connectivity index (χ4v) is 1.39. The van der Waals surface area contributed by atoms with Crippen LogP contribution in [0.2, 0.25) is 0 Å². The van der Waals surface area contributed by atoms with Crippen molar-refractivity contribution < 1.29 is 23.9 Å². The average Bonchev–Trinajstić information content (AvgIpc) is 2.58. The van der Waals surface area contributed by atoms with Crippen LogP contribution in [-0.4, -0.2) is 56.2 Å². The van der Waals surface area contributed by atoms with E-state index >= 15 is 0 Å². The zero-order chi connectivity index (χ0) is 18.8. The lowest BCUT2D eigenvalue weighted by atomic mass is 10.2. The topological polar surface area (TPSA) is 84.9 Å². The van der Waals surface area contributed by atoms with Gasteiger partial charge in [0, 0.05) is 6.54 Å². The number of rotatable bonds is 6. The van der Waals surface area contributed by atoms with E-state index in [1.807, 2.05) is 20.8 Å². The lowest BCUT2D eigenvalue weighted by molar-refractivity contribution is -0.151. The number of carbonyl (C=O) groups excluding carboxylic acids is 3. The maximum atomic E-state index is 11.9. The van der Waals surface area contributed by atoms with E-state index in [0.29, 0.717) is 13.0 Å². The number of nitrogens with zero attached hydrogens (tertiary/aromatic N) is 1. The van der Waals surface area contributed by atoms with Crippen molar-refractivity contribution >= 4 is 18.0 Å². The van der Waals surface area contributed by atoms with Crippen molar-refractivity contribution in [3.63, 3.8) is 0 Å². The zero-order valence-corrected chi connectivity index (χ0v) is 15.9. The summed E-state index contributed by atoms with van der Waals surface area (Å²) in [5.74, 6) is -0.852. The van der Waals surface area contributed by atoms with Crippen LogP contribution in [-0.2, 0) is 19.1 Å². The molecule has 1 N–H and O–H groups in total. The van der Waals surface area contributed by atoms with E-state index in [9.17, 15) is 14.4 Å². The van der Waals surface area contributed by atoms with E-state index in [0.717, 1.165) is 0 Å². The number of esters is 1. The molecular weight excluding hydrogens is 300 g/mol. The van der Waals surface area contributed by atoms with Gasteiger partial charge in [0.05, 0.1) is 14.2 Å². The van der Waals surface area contributed by atoms with E-state index in [4.69, 9.17) is 0 Å². The normalized spacial score (nSPS) is 9.91. The van der Waals surface area contributed by atoms with Crippen LogP contribution in [0.15, 0.2) is 0 Å². The van der Waals surface area contributed by atoms with Crippen molar-refractivity contribution in [1.82, 2.24) is 10.2 Å². The van der Waals surface area contributed by atoms with Gasteiger partial charge >= 0.3 is 12.1 Å². The number of ether oxygens (including phenoxy) is 2. The second-order valence-electron chi connectivity index (χ2n) is 4.34. The molecule has 0 aromatic carbocycles. The van der Waals surface area contributed by atoms with Crippen LogP contribution in [0.3, 0.4) is 0 Å². The predicted molar refractivity (Wildman–Crippen MR) is 91.2 cm³/mol. The van der Waals surface area contributed by atoms with Crippen LogP contribution in [0.4, 0.5) is 4.79 Å². The standard InChI is InChI=1S/C11H20N2O5.C3H8.C2H6/c1-5-6-13(8(2)10(15)17-3)9(14)7-12-11(16)18-4;1-3-2;1-2/h8H,5-7H2,1-4H3,(H,12,16);3H2,1-2H3;1-2H3. The van der Waals surface area contributed by atoms with Crippen LogP contribution in [0.25, 0.3) is 0 Å². The molecule has 2 amide bonds. The summed E-state index contributed by atoms with van der Waals surface area (Å²) in [6, 6.07) is -0.679. The minimum Gasteiger partial charge on any atom is -0.467 e. The Bertz CT molecular complexity index is 322. The molecule has 0 fully saturated rings. The molecule has 1 atom stereocenters. The number of nitrogens with one attached hydrogen (secondary N) is 1. The second-order valence-corrected chi connectivity index (χ2v) is 4.34. The number of methoxy groups -OCH3 is 2. The summed E-state index contributed by atoms with van der Waals surface area (Å²) in [5.41, 5.74) is 0. The Morgan fingerprint density at radius 2 is 1.52 bits per heavy atom. The molecule has 7 heteroatoms. The minimum absolute atomic E-state index is 0.214. The highest BCUT2D eigenvalue weighted by Gasteiger charge is 2.25. The van der Waals surface area contributed by atoms with Crippen LogP contribution < -0.4 is 5.32 Å². The fraction of sp³-hybridized carbons (Fsp3) is 0.812. The number of alkyl carbamates (subject to hydrolysis) is 1. The van der Waals surface area contributed by atoms with Crippen LogP contribution in [0.5, 0.6) is 0 Å². The first-order valence-corrected chi connectivity index (χ1v) is 8.08. The SMILES string of the molecule is CC.CCC.CCCN(C(=O)CNC(=O)OC)C(C)C(=O)OC. The van der Waals surface area contributed by atoms with E-state index in [1.165, 1.54) is 25.5 Å². The van der Waals surface area contributed by atoms with E-state index in [2.05, 4.69) is 28.6 Å². The largest absolute Gasteiger partial charge is 0.467 e. The molecule has 0 aliphatic heterocycles. The van der Waals surface area contributed by atoms with Crippen molar-refractivity contribution in [2.45, 2.75) is 60.4 Å². The van der Waals surface area contributed by atoms with Crippen molar-refractivity contribution in [2.75, 3.05) is 27.3 Å². The van der Waals surface area contributed by atoms with Gasteiger partial charge < -0.3 is 19.7 Å². The van der Waals surface area contributed by atoms with Gasteiger partial charge in [0.15, 0.2) is 0 Å².